The molecule has 2 heteroatoms. The highest BCUT2D eigenvalue weighted by Gasteiger charge is 2.26. The Balaban J connectivity index is 1.88. The zero-order valence-electron chi connectivity index (χ0n) is 8.75. The lowest BCUT2D eigenvalue weighted by Gasteiger charge is -2.23. The molecule has 0 atom stereocenters. The van der Waals surface area contributed by atoms with Crippen LogP contribution in [0, 0.1) is 5.92 Å². The summed E-state index contributed by atoms with van der Waals surface area (Å²) in [6.07, 6.45) is 4.46. The Kier molecular flexibility index (Phi) is 2.01. The standard InChI is InChI=1S/C13H15NO/c15-13(9-2-1-3-9)11-4-5-12-10(8-11)6-7-14-12/h4-5,8-9,14H,1-3,6-7H2. The third-order valence-corrected chi connectivity index (χ3v) is 3.58. The maximum Gasteiger partial charge on any atom is 0.165 e. The van der Waals surface area contributed by atoms with Gasteiger partial charge in [0, 0.05) is 23.7 Å². The summed E-state index contributed by atoms with van der Waals surface area (Å²) in [5.74, 6) is 0.674. The Morgan fingerprint density at radius 1 is 1.33 bits per heavy atom. The molecule has 0 spiro atoms. The average Bonchev–Trinajstić information content (AvgIpc) is 2.61. The summed E-state index contributed by atoms with van der Waals surface area (Å²) in [7, 11) is 0. The topological polar surface area (TPSA) is 29.1 Å². The SMILES string of the molecule is O=C(c1ccc2c(c1)CCN2)C1CCC1. The molecule has 1 saturated carbocycles. The van der Waals surface area contributed by atoms with Crippen molar-refractivity contribution >= 4 is 11.5 Å². The molecule has 1 aliphatic carbocycles. The second-order valence-corrected chi connectivity index (χ2v) is 4.54. The summed E-state index contributed by atoms with van der Waals surface area (Å²) < 4.78 is 0. The Bertz CT molecular complexity index is 407. The maximum atomic E-state index is 12.0. The largest absolute Gasteiger partial charge is 0.384 e. The van der Waals surface area contributed by atoms with Crippen LogP contribution < -0.4 is 5.32 Å². The first-order valence-electron chi connectivity index (χ1n) is 5.75. The zero-order valence-corrected chi connectivity index (χ0v) is 8.75. The summed E-state index contributed by atoms with van der Waals surface area (Å²) in [6.45, 7) is 1.01. The van der Waals surface area contributed by atoms with Crippen LogP contribution in [-0.4, -0.2) is 12.3 Å². The van der Waals surface area contributed by atoms with Gasteiger partial charge >= 0.3 is 0 Å². The van der Waals surface area contributed by atoms with Crippen molar-refractivity contribution in [2.24, 2.45) is 5.92 Å². The lowest BCUT2D eigenvalue weighted by Crippen LogP contribution is -2.21. The number of rotatable bonds is 2. The molecule has 1 aromatic rings. The van der Waals surface area contributed by atoms with Crippen molar-refractivity contribution < 1.29 is 4.79 Å². The van der Waals surface area contributed by atoms with Crippen LogP contribution in [-0.2, 0) is 6.42 Å². The molecule has 1 heterocycles. The van der Waals surface area contributed by atoms with E-state index in [2.05, 4.69) is 11.4 Å². The van der Waals surface area contributed by atoms with Gasteiger partial charge in [-0.15, -0.1) is 0 Å². The number of anilines is 1. The van der Waals surface area contributed by atoms with E-state index in [9.17, 15) is 4.79 Å². The quantitative estimate of drug-likeness (QED) is 0.745. The highest BCUT2D eigenvalue weighted by molar-refractivity contribution is 5.99. The van der Waals surface area contributed by atoms with E-state index in [0.29, 0.717) is 11.7 Å². The van der Waals surface area contributed by atoms with Gasteiger partial charge in [-0.1, -0.05) is 6.42 Å². The smallest absolute Gasteiger partial charge is 0.165 e. The summed E-state index contributed by atoms with van der Waals surface area (Å²) in [4.78, 5) is 12.0. The van der Waals surface area contributed by atoms with Crippen LogP contribution in [0.1, 0.15) is 35.2 Å². The summed E-state index contributed by atoms with van der Waals surface area (Å²) in [5.41, 5.74) is 3.43. The Morgan fingerprint density at radius 2 is 2.20 bits per heavy atom. The predicted molar refractivity (Wildman–Crippen MR) is 60.3 cm³/mol. The number of hydrogen-bond acceptors (Lipinski definition) is 2. The molecule has 0 unspecified atom stereocenters. The minimum atomic E-state index is 0.317. The van der Waals surface area contributed by atoms with Gasteiger partial charge in [0.25, 0.3) is 0 Å². The van der Waals surface area contributed by atoms with Crippen LogP contribution in [0.2, 0.25) is 0 Å². The van der Waals surface area contributed by atoms with E-state index >= 15 is 0 Å². The molecule has 1 fully saturated rings. The van der Waals surface area contributed by atoms with Crippen molar-refractivity contribution in [3.63, 3.8) is 0 Å². The van der Waals surface area contributed by atoms with Crippen molar-refractivity contribution in [2.75, 3.05) is 11.9 Å². The number of benzene rings is 1. The first-order valence-corrected chi connectivity index (χ1v) is 5.75. The molecular weight excluding hydrogens is 186 g/mol. The van der Waals surface area contributed by atoms with Crippen LogP contribution >= 0.6 is 0 Å². The van der Waals surface area contributed by atoms with Crippen LogP contribution in [0.5, 0.6) is 0 Å². The third kappa shape index (κ3) is 1.44. The minimum absolute atomic E-state index is 0.317. The van der Waals surface area contributed by atoms with Gasteiger partial charge < -0.3 is 5.32 Å². The van der Waals surface area contributed by atoms with E-state index < -0.39 is 0 Å². The zero-order chi connectivity index (χ0) is 10.3. The fraction of sp³-hybridized carbons (Fsp3) is 0.462. The third-order valence-electron chi connectivity index (χ3n) is 3.58. The first-order chi connectivity index (χ1) is 7.34. The summed E-state index contributed by atoms with van der Waals surface area (Å²) in [5, 5.41) is 3.31. The molecule has 1 aromatic carbocycles. The van der Waals surface area contributed by atoms with Crippen molar-refractivity contribution in [3.05, 3.63) is 29.3 Å². The molecule has 15 heavy (non-hydrogen) atoms. The second-order valence-electron chi connectivity index (χ2n) is 4.54. The number of carbonyl (C=O) groups excluding carboxylic acids is 1. The van der Waals surface area contributed by atoms with Crippen LogP contribution in [0.15, 0.2) is 18.2 Å². The molecule has 0 radical (unpaired) electrons. The number of nitrogens with one attached hydrogen (secondary N) is 1. The summed E-state index contributed by atoms with van der Waals surface area (Å²) in [6, 6.07) is 6.10. The van der Waals surface area contributed by atoms with Gasteiger partial charge in [0.2, 0.25) is 0 Å². The van der Waals surface area contributed by atoms with Crippen LogP contribution in [0.25, 0.3) is 0 Å². The highest BCUT2D eigenvalue weighted by Crippen LogP contribution is 2.31. The molecule has 1 aliphatic heterocycles. The number of hydrogen-bond donors (Lipinski definition) is 1. The van der Waals surface area contributed by atoms with Crippen LogP contribution in [0.4, 0.5) is 5.69 Å². The Labute approximate surface area is 89.7 Å². The molecule has 0 amide bonds. The highest BCUT2D eigenvalue weighted by atomic mass is 16.1. The van der Waals surface area contributed by atoms with Crippen LogP contribution in [0.3, 0.4) is 0 Å². The van der Waals surface area contributed by atoms with E-state index in [0.717, 1.165) is 31.4 Å². The lowest BCUT2D eigenvalue weighted by atomic mass is 9.80. The van der Waals surface area contributed by atoms with E-state index in [1.165, 1.54) is 17.7 Å². The fourth-order valence-corrected chi connectivity index (χ4v) is 2.36. The van der Waals surface area contributed by atoms with Crippen molar-refractivity contribution in [3.8, 4) is 0 Å². The van der Waals surface area contributed by atoms with Gasteiger partial charge in [0.05, 0.1) is 0 Å². The number of fused-ring (bicyclic) bond motifs is 1. The molecule has 0 bridgehead atoms. The first kappa shape index (κ1) is 8.96. The Hall–Kier alpha value is -1.31. The van der Waals surface area contributed by atoms with Crippen molar-refractivity contribution in [1.82, 2.24) is 0 Å². The minimum Gasteiger partial charge on any atom is -0.384 e. The predicted octanol–water partition coefficient (Wildman–Crippen LogP) is 2.64. The fourth-order valence-electron chi connectivity index (χ4n) is 2.36. The number of ketones is 1. The molecular formula is C13H15NO. The monoisotopic (exact) mass is 201 g/mol. The number of Topliss-reactive ketones (excluding diaryl/α,β-unsaturated/α-hetero) is 1. The van der Waals surface area contributed by atoms with Crippen molar-refractivity contribution in [2.45, 2.75) is 25.7 Å². The van der Waals surface area contributed by atoms with Gasteiger partial charge in [-0.2, -0.15) is 0 Å². The van der Waals surface area contributed by atoms with Gasteiger partial charge in [0.15, 0.2) is 5.78 Å². The van der Waals surface area contributed by atoms with E-state index in [-0.39, 0.29) is 0 Å². The molecule has 0 aromatic heterocycles. The molecule has 2 aliphatic rings. The lowest BCUT2D eigenvalue weighted by molar-refractivity contribution is 0.0855. The van der Waals surface area contributed by atoms with Gasteiger partial charge in [-0.05, 0) is 43.0 Å². The number of carbonyl (C=O) groups is 1. The van der Waals surface area contributed by atoms with Gasteiger partial charge in [-0.25, -0.2) is 0 Å². The molecule has 78 valence electrons. The normalized spacial score (nSPS) is 19.2. The molecule has 0 saturated heterocycles. The molecule has 3 rings (SSSR count). The van der Waals surface area contributed by atoms with Crippen molar-refractivity contribution in [1.29, 1.82) is 0 Å². The maximum absolute atomic E-state index is 12.0. The average molecular weight is 201 g/mol. The van der Waals surface area contributed by atoms with E-state index in [1.54, 1.807) is 0 Å². The molecule has 2 nitrogen and oxygen atoms in total. The van der Waals surface area contributed by atoms with Gasteiger partial charge in [0.1, 0.15) is 0 Å². The van der Waals surface area contributed by atoms with Gasteiger partial charge in [-0.3, -0.25) is 4.79 Å². The summed E-state index contributed by atoms with van der Waals surface area (Å²) >= 11 is 0. The molecule has 1 N–H and O–H groups in total. The second kappa shape index (κ2) is 3.37. The van der Waals surface area contributed by atoms with E-state index in [4.69, 9.17) is 0 Å². The Morgan fingerprint density at radius 3 is 2.93 bits per heavy atom. The van der Waals surface area contributed by atoms with E-state index in [1.807, 2.05) is 12.1 Å².